The van der Waals surface area contributed by atoms with Crippen molar-refractivity contribution in [2.45, 2.75) is 25.5 Å². The van der Waals surface area contributed by atoms with Crippen LogP contribution in [0, 0.1) is 5.92 Å². The molecule has 1 unspecified atom stereocenters. The van der Waals surface area contributed by atoms with Crippen LogP contribution in [0.4, 0.5) is 0 Å². The molecular formula is C16H20OS. The minimum Gasteiger partial charge on any atom is -0.396 e. The number of aliphatic hydroxyl groups excluding tert-OH is 1. The molecule has 1 nitrogen and oxygen atoms in total. The lowest BCUT2D eigenvalue weighted by Crippen LogP contribution is -1.96. The van der Waals surface area contributed by atoms with E-state index in [1.165, 1.54) is 22.3 Å². The number of aryl methyl sites for hydroxylation is 1. The highest BCUT2D eigenvalue weighted by molar-refractivity contribution is 7.79. The SMILES string of the molecule is CC1C=Cc2cc(CCCO)cc(CS)c2C=C1. The standard InChI is InChI=1S/C16H20OS/c1-12-4-6-14-9-13(3-2-8-17)10-15(11-18)16(14)7-5-12/h4-7,9-10,12,17-18H,2-3,8,11H2,1H3. The van der Waals surface area contributed by atoms with Crippen molar-refractivity contribution in [1.29, 1.82) is 0 Å². The Hall–Kier alpha value is -0.990. The molecule has 0 aliphatic heterocycles. The molecule has 0 spiro atoms. The van der Waals surface area contributed by atoms with Crippen LogP contribution >= 0.6 is 12.6 Å². The zero-order valence-electron chi connectivity index (χ0n) is 10.8. The van der Waals surface area contributed by atoms with Gasteiger partial charge in [-0.25, -0.2) is 0 Å². The third kappa shape index (κ3) is 3.06. The van der Waals surface area contributed by atoms with Gasteiger partial charge in [0.15, 0.2) is 0 Å². The van der Waals surface area contributed by atoms with Gasteiger partial charge in [0.2, 0.25) is 0 Å². The molecule has 0 heterocycles. The molecule has 1 atom stereocenters. The summed E-state index contributed by atoms with van der Waals surface area (Å²) in [5, 5.41) is 8.93. The molecule has 0 saturated carbocycles. The maximum atomic E-state index is 8.93. The number of allylic oxidation sites excluding steroid dienone is 2. The minimum absolute atomic E-state index is 0.250. The number of rotatable bonds is 4. The molecule has 0 bridgehead atoms. The van der Waals surface area contributed by atoms with Crippen molar-refractivity contribution >= 4 is 24.8 Å². The van der Waals surface area contributed by atoms with E-state index < -0.39 is 0 Å². The van der Waals surface area contributed by atoms with Crippen LogP contribution in [-0.4, -0.2) is 11.7 Å². The molecule has 1 N–H and O–H groups in total. The lowest BCUT2D eigenvalue weighted by molar-refractivity contribution is 0.288. The van der Waals surface area contributed by atoms with Crippen LogP contribution in [-0.2, 0) is 12.2 Å². The van der Waals surface area contributed by atoms with Crippen LogP contribution in [0.25, 0.3) is 12.2 Å². The first kappa shape index (κ1) is 13.4. The number of hydrogen-bond acceptors (Lipinski definition) is 2. The van der Waals surface area contributed by atoms with Gasteiger partial charge in [0.1, 0.15) is 0 Å². The van der Waals surface area contributed by atoms with E-state index in [2.05, 4.69) is 56.0 Å². The Balaban J connectivity index is 2.41. The Bertz CT molecular complexity index is 474. The van der Waals surface area contributed by atoms with Crippen LogP contribution < -0.4 is 0 Å². The van der Waals surface area contributed by atoms with Gasteiger partial charge in [-0.1, -0.05) is 43.4 Å². The van der Waals surface area contributed by atoms with Crippen molar-refractivity contribution in [2.75, 3.05) is 6.61 Å². The first-order valence-electron chi connectivity index (χ1n) is 6.48. The Morgan fingerprint density at radius 3 is 2.72 bits per heavy atom. The van der Waals surface area contributed by atoms with Crippen LogP contribution in [0.1, 0.15) is 35.6 Å². The fourth-order valence-electron chi connectivity index (χ4n) is 2.27. The molecule has 1 aliphatic rings. The zero-order valence-corrected chi connectivity index (χ0v) is 11.7. The van der Waals surface area contributed by atoms with Gasteiger partial charge in [-0.05, 0) is 41.0 Å². The van der Waals surface area contributed by atoms with Gasteiger partial charge in [-0.3, -0.25) is 0 Å². The summed E-state index contributed by atoms with van der Waals surface area (Å²) in [4.78, 5) is 0. The molecule has 0 saturated heterocycles. The molecule has 0 radical (unpaired) electrons. The van der Waals surface area contributed by atoms with E-state index in [9.17, 15) is 0 Å². The van der Waals surface area contributed by atoms with Crippen molar-refractivity contribution < 1.29 is 5.11 Å². The molecule has 1 aliphatic carbocycles. The van der Waals surface area contributed by atoms with Gasteiger partial charge < -0.3 is 5.11 Å². The summed E-state index contributed by atoms with van der Waals surface area (Å²) < 4.78 is 0. The van der Waals surface area contributed by atoms with Gasteiger partial charge in [0, 0.05) is 12.4 Å². The average Bonchev–Trinajstić information content (AvgIpc) is 2.58. The Labute approximate surface area is 115 Å². The number of thiol groups is 1. The van der Waals surface area contributed by atoms with Crippen LogP contribution in [0.15, 0.2) is 24.3 Å². The van der Waals surface area contributed by atoms with E-state index in [1.54, 1.807) is 0 Å². The van der Waals surface area contributed by atoms with Gasteiger partial charge >= 0.3 is 0 Å². The lowest BCUT2D eigenvalue weighted by atomic mass is 9.96. The smallest absolute Gasteiger partial charge is 0.0434 e. The first-order chi connectivity index (χ1) is 8.74. The van der Waals surface area contributed by atoms with Crippen molar-refractivity contribution in [3.05, 3.63) is 46.5 Å². The van der Waals surface area contributed by atoms with E-state index in [0.717, 1.165) is 18.6 Å². The highest BCUT2D eigenvalue weighted by Crippen LogP contribution is 2.26. The normalized spacial score (nSPS) is 17.6. The van der Waals surface area contributed by atoms with Crippen molar-refractivity contribution in [1.82, 2.24) is 0 Å². The van der Waals surface area contributed by atoms with Crippen molar-refractivity contribution in [2.24, 2.45) is 5.92 Å². The first-order valence-corrected chi connectivity index (χ1v) is 7.11. The third-order valence-electron chi connectivity index (χ3n) is 3.30. The predicted octanol–water partition coefficient (Wildman–Crippen LogP) is 3.72. The Kier molecular flexibility index (Phi) is 4.67. The van der Waals surface area contributed by atoms with E-state index in [0.29, 0.717) is 5.92 Å². The largest absolute Gasteiger partial charge is 0.396 e. The number of fused-ring (bicyclic) bond motifs is 1. The van der Waals surface area contributed by atoms with E-state index >= 15 is 0 Å². The summed E-state index contributed by atoms with van der Waals surface area (Å²) in [5.41, 5.74) is 5.13. The van der Waals surface area contributed by atoms with Crippen molar-refractivity contribution in [3.63, 3.8) is 0 Å². The van der Waals surface area contributed by atoms with E-state index in [1.807, 2.05) is 0 Å². The van der Waals surface area contributed by atoms with Gasteiger partial charge in [-0.15, -0.1) is 0 Å². The second-order valence-electron chi connectivity index (χ2n) is 4.82. The molecule has 96 valence electrons. The maximum absolute atomic E-state index is 8.93. The summed E-state index contributed by atoms with van der Waals surface area (Å²) in [5.74, 6) is 1.23. The summed E-state index contributed by atoms with van der Waals surface area (Å²) >= 11 is 4.43. The molecule has 2 heteroatoms. The van der Waals surface area contributed by atoms with Crippen molar-refractivity contribution in [3.8, 4) is 0 Å². The molecule has 0 amide bonds. The molecule has 2 rings (SSSR count). The summed E-state index contributed by atoms with van der Waals surface area (Å²) in [6.45, 7) is 2.44. The number of aliphatic hydroxyl groups is 1. The van der Waals surface area contributed by atoms with Crippen LogP contribution in [0.3, 0.4) is 0 Å². The van der Waals surface area contributed by atoms with Gasteiger partial charge in [-0.2, -0.15) is 12.6 Å². The highest BCUT2D eigenvalue weighted by Gasteiger charge is 2.09. The third-order valence-corrected chi connectivity index (χ3v) is 3.64. The number of hydrogen-bond donors (Lipinski definition) is 2. The number of benzene rings is 1. The van der Waals surface area contributed by atoms with E-state index in [-0.39, 0.29) is 6.61 Å². The lowest BCUT2D eigenvalue weighted by Gasteiger charge is -2.11. The van der Waals surface area contributed by atoms with Crippen LogP contribution in [0.2, 0.25) is 0 Å². The van der Waals surface area contributed by atoms with Gasteiger partial charge in [0.25, 0.3) is 0 Å². The summed E-state index contributed by atoms with van der Waals surface area (Å²) in [7, 11) is 0. The minimum atomic E-state index is 0.250. The predicted molar refractivity (Wildman–Crippen MR) is 81.8 cm³/mol. The molecule has 1 aromatic carbocycles. The summed E-state index contributed by atoms with van der Waals surface area (Å²) in [6.07, 6.45) is 10.6. The highest BCUT2D eigenvalue weighted by atomic mass is 32.1. The molecule has 1 aromatic rings. The Morgan fingerprint density at radius 1 is 1.22 bits per heavy atom. The second-order valence-corrected chi connectivity index (χ2v) is 5.14. The monoisotopic (exact) mass is 260 g/mol. The molecule has 0 aromatic heterocycles. The molecule has 0 fully saturated rings. The van der Waals surface area contributed by atoms with Crippen LogP contribution in [0.5, 0.6) is 0 Å². The summed E-state index contributed by atoms with van der Waals surface area (Å²) in [6, 6.07) is 4.45. The maximum Gasteiger partial charge on any atom is 0.0434 e. The zero-order chi connectivity index (χ0) is 13.0. The molecule has 18 heavy (non-hydrogen) atoms. The molecular weight excluding hydrogens is 240 g/mol. The Morgan fingerprint density at radius 2 is 2.00 bits per heavy atom. The van der Waals surface area contributed by atoms with Gasteiger partial charge in [0.05, 0.1) is 0 Å². The van der Waals surface area contributed by atoms with E-state index in [4.69, 9.17) is 5.11 Å². The fourth-order valence-corrected chi connectivity index (χ4v) is 2.53. The topological polar surface area (TPSA) is 20.2 Å². The second kappa shape index (κ2) is 6.26. The fraction of sp³-hybridized carbons (Fsp3) is 0.375. The quantitative estimate of drug-likeness (QED) is 0.791. The average molecular weight is 260 g/mol.